The van der Waals surface area contributed by atoms with Crippen LogP contribution in [0.5, 0.6) is 0 Å². The summed E-state index contributed by atoms with van der Waals surface area (Å²) in [5, 5.41) is 11.2. The Bertz CT molecular complexity index is 994. The molecule has 7 nitrogen and oxygen atoms in total. The van der Waals surface area contributed by atoms with Crippen molar-refractivity contribution >= 4 is 29.3 Å². The van der Waals surface area contributed by atoms with Gasteiger partial charge in [-0.1, -0.05) is 48.2 Å². The van der Waals surface area contributed by atoms with Gasteiger partial charge in [0.1, 0.15) is 11.6 Å². The standard InChI is InChI=1S/C20H19FN4O3S/c1-14-23-24-20(25(14)11-15-6-3-2-4-7-15)29-13-19(27)28-12-18(26)22-17-9-5-8-16(21)10-17/h2-10H,11-13H2,1H3,(H,22,26). The minimum absolute atomic E-state index is 0.0137. The van der Waals surface area contributed by atoms with Crippen LogP contribution in [0, 0.1) is 12.7 Å². The first kappa shape index (κ1) is 20.5. The maximum atomic E-state index is 13.1. The first-order valence-electron chi connectivity index (χ1n) is 8.79. The molecule has 1 amide bonds. The molecule has 0 aliphatic heterocycles. The van der Waals surface area contributed by atoms with Crippen LogP contribution < -0.4 is 5.32 Å². The molecule has 3 rings (SSSR count). The zero-order valence-corrected chi connectivity index (χ0v) is 16.5. The summed E-state index contributed by atoms with van der Waals surface area (Å²) in [6, 6.07) is 15.3. The molecule has 0 fully saturated rings. The molecule has 1 N–H and O–H groups in total. The van der Waals surface area contributed by atoms with E-state index in [2.05, 4.69) is 15.5 Å². The highest BCUT2D eigenvalue weighted by Crippen LogP contribution is 2.18. The fourth-order valence-electron chi connectivity index (χ4n) is 2.49. The average Bonchev–Trinajstić information content (AvgIpc) is 3.05. The molecule has 1 aromatic heterocycles. The smallest absolute Gasteiger partial charge is 0.316 e. The minimum atomic E-state index is -0.559. The number of hydrogen-bond acceptors (Lipinski definition) is 6. The third-order valence-corrected chi connectivity index (χ3v) is 4.82. The van der Waals surface area contributed by atoms with Crippen LogP contribution in [-0.4, -0.2) is 39.0 Å². The summed E-state index contributed by atoms with van der Waals surface area (Å²) in [6.45, 7) is 1.98. The molecular formula is C20H19FN4O3S. The summed E-state index contributed by atoms with van der Waals surface area (Å²) in [5.41, 5.74) is 1.39. The molecule has 1 heterocycles. The van der Waals surface area contributed by atoms with Gasteiger partial charge >= 0.3 is 5.97 Å². The summed E-state index contributed by atoms with van der Waals surface area (Å²) in [5.74, 6) is -0.848. The summed E-state index contributed by atoms with van der Waals surface area (Å²) in [7, 11) is 0. The number of ether oxygens (including phenoxy) is 1. The summed E-state index contributed by atoms with van der Waals surface area (Å²) >= 11 is 1.19. The van der Waals surface area contributed by atoms with Crippen molar-refractivity contribution in [3.8, 4) is 0 Å². The van der Waals surface area contributed by atoms with Crippen molar-refractivity contribution in [2.24, 2.45) is 0 Å². The molecular weight excluding hydrogens is 395 g/mol. The highest BCUT2D eigenvalue weighted by Gasteiger charge is 2.14. The molecule has 0 aliphatic rings. The summed E-state index contributed by atoms with van der Waals surface area (Å²) < 4.78 is 20.0. The summed E-state index contributed by atoms with van der Waals surface area (Å²) in [6.07, 6.45) is 0. The highest BCUT2D eigenvalue weighted by atomic mass is 32.2. The predicted octanol–water partition coefficient (Wildman–Crippen LogP) is 3.05. The van der Waals surface area contributed by atoms with Crippen molar-refractivity contribution < 1.29 is 18.7 Å². The third-order valence-electron chi connectivity index (χ3n) is 3.88. The van der Waals surface area contributed by atoms with Gasteiger partial charge in [-0.2, -0.15) is 0 Å². The van der Waals surface area contributed by atoms with Crippen molar-refractivity contribution in [1.29, 1.82) is 0 Å². The number of esters is 1. The van der Waals surface area contributed by atoms with Gasteiger partial charge in [-0.25, -0.2) is 4.39 Å². The van der Waals surface area contributed by atoms with E-state index < -0.39 is 24.3 Å². The number of thioether (sulfide) groups is 1. The molecule has 3 aromatic rings. The van der Waals surface area contributed by atoms with Crippen molar-refractivity contribution in [3.63, 3.8) is 0 Å². The number of benzene rings is 2. The van der Waals surface area contributed by atoms with Gasteiger partial charge in [-0.05, 0) is 30.7 Å². The monoisotopic (exact) mass is 414 g/mol. The van der Waals surface area contributed by atoms with Crippen LogP contribution in [0.25, 0.3) is 0 Å². The van der Waals surface area contributed by atoms with Gasteiger partial charge in [0.25, 0.3) is 5.91 Å². The quantitative estimate of drug-likeness (QED) is 0.450. The van der Waals surface area contributed by atoms with E-state index in [1.165, 1.54) is 30.0 Å². The number of anilines is 1. The van der Waals surface area contributed by atoms with Crippen LogP contribution in [0.2, 0.25) is 0 Å². The van der Waals surface area contributed by atoms with E-state index in [0.717, 1.165) is 11.4 Å². The topological polar surface area (TPSA) is 86.1 Å². The lowest BCUT2D eigenvalue weighted by atomic mass is 10.2. The molecule has 29 heavy (non-hydrogen) atoms. The van der Waals surface area contributed by atoms with Crippen LogP contribution in [0.1, 0.15) is 11.4 Å². The number of amides is 1. The Hall–Kier alpha value is -3.20. The molecule has 0 atom stereocenters. The Kier molecular flexibility index (Phi) is 6.96. The van der Waals surface area contributed by atoms with E-state index in [-0.39, 0.29) is 5.75 Å². The van der Waals surface area contributed by atoms with Gasteiger partial charge in [-0.3, -0.25) is 9.59 Å². The molecule has 0 bridgehead atoms. The van der Waals surface area contributed by atoms with Gasteiger partial charge in [0.05, 0.1) is 12.3 Å². The van der Waals surface area contributed by atoms with Gasteiger partial charge < -0.3 is 14.6 Å². The number of aromatic nitrogens is 3. The Morgan fingerprint density at radius 3 is 2.69 bits per heavy atom. The number of carbonyl (C=O) groups excluding carboxylic acids is 2. The Morgan fingerprint density at radius 1 is 1.14 bits per heavy atom. The highest BCUT2D eigenvalue weighted by molar-refractivity contribution is 7.99. The third kappa shape index (κ3) is 6.15. The largest absolute Gasteiger partial charge is 0.455 e. The number of rotatable bonds is 8. The fourth-order valence-corrected chi connectivity index (χ4v) is 3.27. The van der Waals surface area contributed by atoms with Crippen LogP contribution >= 0.6 is 11.8 Å². The zero-order valence-electron chi connectivity index (χ0n) is 15.7. The number of nitrogens with one attached hydrogen (secondary N) is 1. The van der Waals surface area contributed by atoms with Crippen molar-refractivity contribution in [1.82, 2.24) is 14.8 Å². The van der Waals surface area contributed by atoms with Crippen molar-refractivity contribution in [2.75, 3.05) is 17.7 Å². The maximum Gasteiger partial charge on any atom is 0.316 e. The normalized spacial score (nSPS) is 10.6. The molecule has 0 spiro atoms. The number of aryl methyl sites for hydroxylation is 1. The van der Waals surface area contributed by atoms with Gasteiger partial charge in [0.15, 0.2) is 11.8 Å². The second-order valence-corrected chi connectivity index (χ2v) is 7.05. The molecule has 9 heteroatoms. The fraction of sp³-hybridized carbons (Fsp3) is 0.200. The van der Waals surface area contributed by atoms with E-state index in [0.29, 0.717) is 17.4 Å². The van der Waals surface area contributed by atoms with E-state index in [1.807, 2.05) is 41.8 Å². The Labute approximate surface area is 171 Å². The predicted molar refractivity (Wildman–Crippen MR) is 107 cm³/mol. The van der Waals surface area contributed by atoms with Crippen LogP contribution in [0.4, 0.5) is 10.1 Å². The van der Waals surface area contributed by atoms with Crippen molar-refractivity contribution in [2.45, 2.75) is 18.6 Å². The van der Waals surface area contributed by atoms with E-state index in [1.54, 1.807) is 6.07 Å². The lowest BCUT2D eigenvalue weighted by Gasteiger charge is -2.09. The van der Waals surface area contributed by atoms with Gasteiger partial charge in [0.2, 0.25) is 0 Å². The second-order valence-electron chi connectivity index (χ2n) is 6.11. The SMILES string of the molecule is Cc1nnc(SCC(=O)OCC(=O)Nc2cccc(F)c2)n1Cc1ccccc1. The van der Waals surface area contributed by atoms with Gasteiger partial charge in [0, 0.05) is 5.69 Å². The maximum absolute atomic E-state index is 13.1. The molecule has 150 valence electrons. The van der Waals surface area contributed by atoms with Crippen LogP contribution in [0.15, 0.2) is 59.8 Å². The minimum Gasteiger partial charge on any atom is -0.455 e. The van der Waals surface area contributed by atoms with E-state index in [4.69, 9.17) is 4.74 Å². The number of hydrogen-bond donors (Lipinski definition) is 1. The number of carbonyl (C=O) groups is 2. The van der Waals surface area contributed by atoms with Gasteiger partial charge in [-0.15, -0.1) is 10.2 Å². The molecule has 0 saturated heterocycles. The molecule has 0 unspecified atom stereocenters. The lowest BCUT2D eigenvalue weighted by Crippen LogP contribution is -2.21. The molecule has 2 aromatic carbocycles. The second kappa shape index (κ2) is 9.83. The Balaban J connectivity index is 1.48. The first-order chi connectivity index (χ1) is 14.0. The molecule has 0 aliphatic carbocycles. The van der Waals surface area contributed by atoms with E-state index >= 15 is 0 Å². The lowest BCUT2D eigenvalue weighted by molar-refractivity contribution is -0.144. The van der Waals surface area contributed by atoms with Crippen LogP contribution in [-0.2, 0) is 20.9 Å². The van der Waals surface area contributed by atoms with Crippen LogP contribution in [0.3, 0.4) is 0 Å². The number of nitrogens with zero attached hydrogens (tertiary/aromatic N) is 3. The Morgan fingerprint density at radius 2 is 1.93 bits per heavy atom. The molecule has 0 saturated carbocycles. The first-order valence-corrected chi connectivity index (χ1v) is 9.77. The summed E-state index contributed by atoms with van der Waals surface area (Å²) in [4.78, 5) is 23.8. The number of halogens is 1. The zero-order chi connectivity index (χ0) is 20.6. The van der Waals surface area contributed by atoms with E-state index in [9.17, 15) is 14.0 Å². The molecule has 0 radical (unpaired) electrons. The van der Waals surface area contributed by atoms with Crippen molar-refractivity contribution in [3.05, 3.63) is 71.8 Å². The average molecular weight is 414 g/mol.